The number of carbonyl (C=O) groups excluding carboxylic acids is 2. The number of halogens is 1. The van der Waals surface area contributed by atoms with Crippen molar-refractivity contribution in [2.45, 2.75) is 19.8 Å². The van der Waals surface area contributed by atoms with Crippen molar-refractivity contribution in [2.75, 3.05) is 20.2 Å². The van der Waals surface area contributed by atoms with E-state index in [-0.39, 0.29) is 30.5 Å². The van der Waals surface area contributed by atoms with Crippen molar-refractivity contribution >= 4 is 11.9 Å². The molecule has 0 bridgehead atoms. The zero-order chi connectivity index (χ0) is 14.3. The third-order valence-electron chi connectivity index (χ3n) is 2.65. The van der Waals surface area contributed by atoms with Gasteiger partial charge in [-0.15, -0.1) is 0 Å². The molecule has 0 unspecified atom stereocenters. The lowest BCUT2D eigenvalue weighted by Gasteiger charge is -2.16. The first kappa shape index (κ1) is 15.1. The summed E-state index contributed by atoms with van der Waals surface area (Å²) in [5.74, 6) is -0.758. The molecule has 104 valence electrons. The van der Waals surface area contributed by atoms with Gasteiger partial charge in [0.25, 0.3) is 0 Å². The van der Waals surface area contributed by atoms with E-state index in [1.54, 1.807) is 26.1 Å². The Hall–Kier alpha value is -1.91. The number of likely N-dealkylation sites (N-methyl/N-ethyl adjacent to an activating group) is 1. The Balaban J connectivity index is 2.40. The smallest absolute Gasteiger partial charge is 0.307 e. The Kier molecular flexibility index (Phi) is 5.99. The highest BCUT2D eigenvalue weighted by Gasteiger charge is 2.11. The molecule has 19 heavy (non-hydrogen) atoms. The van der Waals surface area contributed by atoms with E-state index in [0.717, 1.165) is 5.56 Å². The van der Waals surface area contributed by atoms with Gasteiger partial charge in [0.05, 0.1) is 19.4 Å². The van der Waals surface area contributed by atoms with Gasteiger partial charge in [-0.05, 0) is 24.6 Å². The van der Waals surface area contributed by atoms with Gasteiger partial charge in [-0.25, -0.2) is 4.39 Å². The van der Waals surface area contributed by atoms with Gasteiger partial charge in [-0.1, -0.05) is 12.1 Å². The van der Waals surface area contributed by atoms with E-state index in [2.05, 4.69) is 0 Å². The SMILES string of the molecule is CCOC(=O)CCN(C)C(=O)Cc1ccc(F)cc1. The predicted octanol–water partition coefficient (Wildman–Crippen LogP) is 1.78. The number of hydrogen-bond acceptors (Lipinski definition) is 3. The molecule has 0 aromatic heterocycles. The average molecular weight is 267 g/mol. The lowest BCUT2D eigenvalue weighted by molar-refractivity contribution is -0.143. The molecule has 1 rings (SSSR count). The van der Waals surface area contributed by atoms with Gasteiger partial charge in [0.2, 0.25) is 5.91 Å². The quantitative estimate of drug-likeness (QED) is 0.738. The minimum atomic E-state index is -0.327. The fourth-order valence-corrected chi connectivity index (χ4v) is 1.53. The van der Waals surface area contributed by atoms with Gasteiger partial charge >= 0.3 is 5.97 Å². The Morgan fingerprint density at radius 1 is 1.26 bits per heavy atom. The van der Waals surface area contributed by atoms with Crippen LogP contribution in [0.15, 0.2) is 24.3 Å². The largest absolute Gasteiger partial charge is 0.466 e. The van der Waals surface area contributed by atoms with Crippen LogP contribution in [0.2, 0.25) is 0 Å². The van der Waals surface area contributed by atoms with Gasteiger partial charge in [0.1, 0.15) is 5.82 Å². The maximum Gasteiger partial charge on any atom is 0.307 e. The Morgan fingerprint density at radius 2 is 1.89 bits per heavy atom. The zero-order valence-corrected chi connectivity index (χ0v) is 11.2. The fraction of sp³-hybridized carbons (Fsp3) is 0.429. The van der Waals surface area contributed by atoms with Crippen LogP contribution in [0.25, 0.3) is 0 Å². The van der Waals surface area contributed by atoms with E-state index in [9.17, 15) is 14.0 Å². The van der Waals surface area contributed by atoms with Crippen molar-refractivity contribution < 1.29 is 18.7 Å². The summed E-state index contributed by atoms with van der Waals surface area (Å²) in [5, 5.41) is 0. The van der Waals surface area contributed by atoms with Gasteiger partial charge < -0.3 is 9.64 Å². The van der Waals surface area contributed by atoms with Crippen LogP contribution in [0.5, 0.6) is 0 Å². The number of nitrogens with zero attached hydrogens (tertiary/aromatic N) is 1. The van der Waals surface area contributed by atoms with Crippen LogP contribution in [0.1, 0.15) is 18.9 Å². The van der Waals surface area contributed by atoms with E-state index in [1.807, 2.05) is 0 Å². The standard InChI is InChI=1S/C14H18FNO3/c1-3-19-14(18)8-9-16(2)13(17)10-11-4-6-12(15)7-5-11/h4-7H,3,8-10H2,1-2H3. The third-order valence-corrected chi connectivity index (χ3v) is 2.65. The highest BCUT2D eigenvalue weighted by atomic mass is 19.1. The van der Waals surface area contributed by atoms with Crippen LogP contribution in [0.4, 0.5) is 4.39 Å². The molecule has 0 spiro atoms. The average Bonchev–Trinajstić information content (AvgIpc) is 2.39. The maximum absolute atomic E-state index is 12.7. The topological polar surface area (TPSA) is 46.6 Å². The zero-order valence-electron chi connectivity index (χ0n) is 11.2. The Labute approximate surface area is 112 Å². The van der Waals surface area contributed by atoms with Crippen molar-refractivity contribution in [1.29, 1.82) is 0 Å². The van der Waals surface area contributed by atoms with Crippen LogP contribution in [-0.4, -0.2) is 37.0 Å². The van der Waals surface area contributed by atoms with E-state index in [0.29, 0.717) is 13.2 Å². The molecule has 1 aromatic rings. The number of esters is 1. The lowest BCUT2D eigenvalue weighted by atomic mass is 10.1. The molecule has 0 aliphatic heterocycles. The molecule has 1 aromatic carbocycles. The van der Waals surface area contributed by atoms with Crippen LogP contribution >= 0.6 is 0 Å². The van der Waals surface area contributed by atoms with E-state index < -0.39 is 0 Å². The molecule has 0 saturated carbocycles. The number of ether oxygens (including phenoxy) is 1. The van der Waals surface area contributed by atoms with Gasteiger partial charge in [-0.2, -0.15) is 0 Å². The molecule has 4 nitrogen and oxygen atoms in total. The summed E-state index contributed by atoms with van der Waals surface area (Å²) in [6, 6.07) is 5.79. The van der Waals surface area contributed by atoms with E-state index in [4.69, 9.17) is 4.74 Å². The molecule has 0 fully saturated rings. The number of hydrogen-bond donors (Lipinski definition) is 0. The van der Waals surface area contributed by atoms with Crippen molar-refractivity contribution in [3.05, 3.63) is 35.6 Å². The normalized spacial score (nSPS) is 10.1. The number of amides is 1. The van der Waals surface area contributed by atoms with Crippen LogP contribution < -0.4 is 0 Å². The highest BCUT2D eigenvalue weighted by Crippen LogP contribution is 2.05. The van der Waals surface area contributed by atoms with Crippen LogP contribution in [-0.2, 0) is 20.7 Å². The molecule has 1 amide bonds. The minimum absolute atomic E-state index is 0.115. The molecular formula is C14H18FNO3. The van der Waals surface area contributed by atoms with Crippen molar-refractivity contribution in [3.63, 3.8) is 0 Å². The molecule has 0 heterocycles. The minimum Gasteiger partial charge on any atom is -0.466 e. The fourth-order valence-electron chi connectivity index (χ4n) is 1.53. The van der Waals surface area contributed by atoms with Gasteiger partial charge in [0.15, 0.2) is 0 Å². The second-order valence-electron chi connectivity index (χ2n) is 4.17. The maximum atomic E-state index is 12.7. The third kappa shape index (κ3) is 5.50. The number of benzene rings is 1. The first-order chi connectivity index (χ1) is 9.02. The molecule has 0 saturated heterocycles. The summed E-state index contributed by atoms with van der Waals surface area (Å²) in [6.07, 6.45) is 0.374. The number of rotatable bonds is 6. The van der Waals surface area contributed by atoms with E-state index in [1.165, 1.54) is 17.0 Å². The summed E-state index contributed by atoms with van der Waals surface area (Å²) >= 11 is 0. The second kappa shape index (κ2) is 7.51. The van der Waals surface area contributed by atoms with Crippen LogP contribution in [0, 0.1) is 5.82 Å². The number of carbonyl (C=O) groups is 2. The molecule has 0 radical (unpaired) electrons. The predicted molar refractivity (Wildman–Crippen MR) is 69.0 cm³/mol. The van der Waals surface area contributed by atoms with Gasteiger partial charge in [-0.3, -0.25) is 9.59 Å². The molecular weight excluding hydrogens is 249 g/mol. The summed E-state index contributed by atoms with van der Waals surface area (Å²) < 4.78 is 17.5. The lowest BCUT2D eigenvalue weighted by Crippen LogP contribution is -2.30. The van der Waals surface area contributed by atoms with Crippen molar-refractivity contribution in [2.24, 2.45) is 0 Å². The second-order valence-corrected chi connectivity index (χ2v) is 4.17. The summed E-state index contributed by atoms with van der Waals surface area (Å²) in [6.45, 7) is 2.40. The van der Waals surface area contributed by atoms with Crippen molar-refractivity contribution in [3.8, 4) is 0 Å². The molecule has 0 atom stereocenters. The monoisotopic (exact) mass is 267 g/mol. The van der Waals surface area contributed by atoms with Crippen molar-refractivity contribution in [1.82, 2.24) is 4.90 Å². The van der Waals surface area contributed by atoms with E-state index >= 15 is 0 Å². The summed E-state index contributed by atoms with van der Waals surface area (Å²) in [5.41, 5.74) is 0.745. The first-order valence-corrected chi connectivity index (χ1v) is 6.17. The highest BCUT2D eigenvalue weighted by molar-refractivity contribution is 5.79. The Bertz CT molecular complexity index is 431. The first-order valence-electron chi connectivity index (χ1n) is 6.17. The summed E-state index contributed by atoms with van der Waals surface area (Å²) in [7, 11) is 1.63. The Morgan fingerprint density at radius 3 is 2.47 bits per heavy atom. The molecule has 0 N–H and O–H groups in total. The summed E-state index contributed by atoms with van der Waals surface area (Å²) in [4.78, 5) is 24.5. The van der Waals surface area contributed by atoms with Crippen LogP contribution in [0.3, 0.4) is 0 Å². The molecule has 0 aliphatic carbocycles. The molecule has 5 heteroatoms. The van der Waals surface area contributed by atoms with Gasteiger partial charge in [0, 0.05) is 13.6 Å². The molecule has 0 aliphatic rings.